The number of rotatable bonds is 8. The Morgan fingerprint density at radius 1 is 1.43 bits per heavy atom. The Bertz CT molecular complexity index is 495. The van der Waals surface area contributed by atoms with Crippen molar-refractivity contribution in [2.75, 3.05) is 26.2 Å². The first-order valence-electron chi connectivity index (χ1n) is 8.04. The van der Waals surface area contributed by atoms with Crippen LogP contribution in [0.2, 0.25) is 5.02 Å². The Labute approximate surface area is 142 Å². The van der Waals surface area contributed by atoms with E-state index in [2.05, 4.69) is 4.90 Å². The first-order chi connectivity index (χ1) is 11.0. The molecular weight excluding hydrogens is 316 g/mol. The number of ether oxygens (including phenoxy) is 1. The number of amides is 1. The van der Waals surface area contributed by atoms with Gasteiger partial charge in [-0.3, -0.25) is 4.79 Å². The predicted octanol–water partition coefficient (Wildman–Crippen LogP) is 1.80. The molecule has 0 radical (unpaired) electrons. The van der Waals surface area contributed by atoms with Crippen LogP contribution in [0.3, 0.4) is 0 Å². The van der Waals surface area contributed by atoms with E-state index in [1.165, 1.54) is 0 Å². The van der Waals surface area contributed by atoms with E-state index in [9.17, 15) is 9.90 Å². The monoisotopic (exact) mass is 340 g/mol. The van der Waals surface area contributed by atoms with Gasteiger partial charge in [-0.2, -0.15) is 0 Å². The number of primary amides is 1. The van der Waals surface area contributed by atoms with Crippen molar-refractivity contribution in [1.82, 2.24) is 4.90 Å². The van der Waals surface area contributed by atoms with E-state index in [1.807, 2.05) is 24.3 Å². The summed E-state index contributed by atoms with van der Waals surface area (Å²) < 4.78 is 5.56. The Kier molecular flexibility index (Phi) is 7.30. The normalized spacial score (nSPS) is 20.3. The van der Waals surface area contributed by atoms with Gasteiger partial charge < -0.3 is 20.5 Å². The van der Waals surface area contributed by atoms with Gasteiger partial charge in [0.05, 0.1) is 19.3 Å². The summed E-state index contributed by atoms with van der Waals surface area (Å²) in [5.41, 5.74) is 6.29. The first-order valence-corrected chi connectivity index (χ1v) is 8.41. The number of nitrogens with zero attached hydrogens (tertiary/aromatic N) is 1. The van der Waals surface area contributed by atoms with Crippen molar-refractivity contribution in [1.29, 1.82) is 0 Å². The quantitative estimate of drug-likeness (QED) is 0.756. The molecule has 1 aromatic rings. The molecule has 2 atom stereocenters. The van der Waals surface area contributed by atoms with E-state index in [0.29, 0.717) is 37.1 Å². The summed E-state index contributed by atoms with van der Waals surface area (Å²) in [6.07, 6.45) is 1.97. The molecular formula is C17H25ClN2O3. The molecule has 1 saturated heterocycles. The van der Waals surface area contributed by atoms with E-state index in [1.54, 1.807) is 0 Å². The van der Waals surface area contributed by atoms with Crippen molar-refractivity contribution in [2.24, 2.45) is 11.7 Å². The van der Waals surface area contributed by atoms with Crippen molar-refractivity contribution >= 4 is 17.5 Å². The van der Waals surface area contributed by atoms with Crippen LogP contribution in [0.15, 0.2) is 24.3 Å². The zero-order chi connectivity index (χ0) is 16.7. The molecule has 23 heavy (non-hydrogen) atoms. The molecule has 2 unspecified atom stereocenters. The average Bonchev–Trinajstić information content (AvgIpc) is 2.49. The van der Waals surface area contributed by atoms with Crippen molar-refractivity contribution < 1.29 is 14.6 Å². The van der Waals surface area contributed by atoms with Crippen LogP contribution >= 0.6 is 11.6 Å². The summed E-state index contributed by atoms with van der Waals surface area (Å²) >= 11 is 5.83. The number of carbonyl (C=O) groups excluding carboxylic acids is 1. The summed E-state index contributed by atoms with van der Waals surface area (Å²) in [5, 5.41) is 10.8. The second-order valence-electron chi connectivity index (χ2n) is 6.23. The summed E-state index contributed by atoms with van der Waals surface area (Å²) in [6, 6.07) is 7.47. The van der Waals surface area contributed by atoms with E-state index >= 15 is 0 Å². The first kappa shape index (κ1) is 18.2. The standard InChI is InChI=1S/C17H25ClN2O3/c18-15-5-3-13(4-6-15)11-23-12-16(21)10-20-7-1-2-14(9-20)8-17(19)22/h3-6,14,16,21H,1-2,7-12H2,(H2,19,22). The predicted molar refractivity (Wildman–Crippen MR) is 90.1 cm³/mol. The molecule has 0 saturated carbocycles. The molecule has 1 aliphatic rings. The van der Waals surface area contributed by atoms with E-state index < -0.39 is 6.10 Å². The second kappa shape index (κ2) is 9.23. The third kappa shape index (κ3) is 6.87. The van der Waals surface area contributed by atoms with Crippen LogP contribution in [0, 0.1) is 5.92 Å². The molecule has 1 aromatic carbocycles. The number of aliphatic hydroxyl groups excluding tert-OH is 1. The Morgan fingerprint density at radius 3 is 2.87 bits per heavy atom. The highest BCUT2D eigenvalue weighted by molar-refractivity contribution is 6.30. The fraction of sp³-hybridized carbons (Fsp3) is 0.588. The summed E-state index contributed by atoms with van der Waals surface area (Å²) in [7, 11) is 0. The fourth-order valence-corrected chi connectivity index (χ4v) is 3.14. The van der Waals surface area contributed by atoms with Crippen LogP contribution in [-0.2, 0) is 16.1 Å². The van der Waals surface area contributed by atoms with Gasteiger partial charge in [0, 0.05) is 24.5 Å². The van der Waals surface area contributed by atoms with Gasteiger partial charge in [-0.15, -0.1) is 0 Å². The van der Waals surface area contributed by atoms with Gasteiger partial charge in [-0.1, -0.05) is 23.7 Å². The van der Waals surface area contributed by atoms with Gasteiger partial charge in [0.1, 0.15) is 0 Å². The summed E-state index contributed by atoms with van der Waals surface area (Å²) in [4.78, 5) is 13.2. The molecule has 0 spiro atoms. The highest BCUT2D eigenvalue weighted by Crippen LogP contribution is 2.19. The van der Waals surface area contributed by atoms with Crippen molar-refractivity contribution in [2.45, 2.75) is 32.0 Å². The number of nitrogens with two attached hydrogens (primary N) is 1. The van der Waals surface area contributed by atoms with Gasteiger partial charge in [-0.05, 0) is 43.0 Å². The van der Waals surface area contributed by atoms with Gasteiger partial charge in [0.25, 0.3) is 0 Å². The van der Waals surface area contributed by atoms with Crippen molar-refractivity contribution in [3.8, 4) is 0 Å². The molecule has 128 valence electrons. The largest absolute Gasteiger partial charge is 0.389 e. The lowest BCUT2D eigenvalue weighted by molar-refractivity contribution is -0.119. The third-order valence-corrected chi connectivity index (χ3v) is 4.31. The Morgan fingerprint density at radius 2 is 2.17 bits per heavy atom. The average molecular weight is 341 g/mol. The number of piperidine rings is 1. The zero-order valence-electron chi connectivity index (χ0n) is 13.3. The molecule has 0 aromatic heterocycles. The SMILES string of the molecule is NC(=O)CC1CCCN(CC(O)COCc2ccc(Cl)cc2)C1. The van der Waals surface area contributed by atoms with Crippen molar-refractivity contribution in [3.63, 3.8) is 0 Å². The number of carbonyl (C=O) groups is 1. The molecule has 3 N–H and O–H groups in total. The second-order valence-corrected chi connectivity index (χ2v) is 6.67. The molecule has 0 bridgehead atoms. The van der Waals surface area contributed by atoms with Crippen LogP contribution in [0.25, 0.3) is 0 Å². The Balaban J connectivity index is 1.66. The lowest BCUT2D eigenvalue weighted by atomic mass is 9.94. The fourth-order valence-electron chi connectivity index (χ4n) is 3.01. The summed E-state index contributed by atoms with van der Waals surface area (Å²) in [5.74, 6) is 0.0622. The van der Waals surface area contributed by atoms with Crippen LogP contribution in [0.1, 0.15) is 24.8 Å². The maximum Gasteiger partial charge on any atom is 0.217 e. The number of aliphatic hydroxyl groups is 1. The smallest absolute Gasteiger partial charge is 0.217 e. The number of hydrogen-bond acceptors (Lipinski definition) is 4. The molecule has 1 amide bonds. The highest BCUT2D eigenvalue weighted by Gasteiger charge is 2.22. The molecule has 1 heterocycles. The van der Waals surface area contributed by atoms with E-state index in [4.69, 9.17) is 22.1 Å². The molecule has 0 aliphatic carbocycles. The van der Waals surface area contributed by atoms with Crippen LogP contribution < -0.4 is 5.73 Å². The number of benzene rings is 1. The van der Waals surface area contributed by atoms with Gasteiger partial charge in [-0.25, -0.2) is 0 Å². The maximum absolute atomic E-state index is 11.0. The van der Waals surface area contributed by atoms with Crippen LogP contribution in [0.5, 0.6) is 0 Å². The molecule has 1 fully saturated rings. The minimum Gasteiger partial charge on any atom is -0.389 e. The topological polar surface area (TPSA) is 75.8 Å². The van der Waals surface area contributed by atoms with Crippen LogP contribution in [-0.4, -0.2) is 48.3 Å². The summed E-state index contributed by atoms with van der Waals surface area (Å²) in [6.45, 7) is 3.08. The van der Waals surface area contributed by atoms with Gasteiger partial charge in [0.2, 0.25) is 5.91 Å². The lowest BCUT2D eigenvalue weighted by Crippen LogP contribution is -2.42. The zero-order valence-corrected chi connectivity index (χ0v) is 14.0. The van der Waals surface area contributed by atoms with Crippen molar-refractivity contribution in [3.05, 3.63) is 34.9 Å². The molecule has 2 rings (SSSR count). The third-order valence-electron chi connectivity index (χ3n) is 4.05. The van der Waals surface area contributed by atoms with Gasteiger partial charge >= 0.3 is 0 Å². The lowest BCUT2D eigenvalue weighted by Gasteiger charge is -2.33. The number of likely N-dealkylation sites (tertiary alicyclic amines) is 1. The van der Waals surface area contributed by atoms with Crippen LogP contribution in [0.4, 0.5) is 0 Å². The number of halogens is 1. The van der Waals surface area contributed by atoms with E-state index in [-0.39, 0.29) is 5.91 Å². The van der Waals surface area contributed by atoms with E-state index in [0.717, 1.165) is 31.5 Å². The number of β-amino-alcohol motifs (C(OH)–C–C–N with tert-alkyl or cyclic N) is 1. The highest BCUT2D eigenvalue weighted by atomic mass is 35.5. The molecule has 1 aliphatic heterocycles. The van der Waals surface area contributed by atoms with Gasteiger partial charge in [0.15, 0.2) is 0 Å². The minimum absolute atomic E-state index is 0.247. The Hall–Kier alpha value is -1.14. The maximum atomic E-state index is 11.0. The number of hydrogen-bond donors (Lipinski definition) is 2. The minimum atomic E-state index is -0.533. The molecule has 6 heteroatoms. The molecule has 5 nitrogen and oxygen atoms in total.